The van der Waals surface area contributed by atoms with Crippen LogP contribution in [0.5, 0.6) is 0 Å². The van der Waals surface area contributed by atoms with Gasteiger partial charge in [-0.2, -0.15) is 0 Å². The number of nitrogens with one attached hydrogen (secondary N) is 2. The minimum atomic E-state index is 0.0184. The van der Waals surface area contributed by atoms with Crippen LogP contribution in [0.1, 0.15) is 40.3 Å². The van der Waals surface area contributed by atoms with Crippen molar-refractivity contribution in [2.45, 2.75) is 32.5 Å². The smallest absolute Gasteiger partial charge is 0.170 e. The fourth-order valence-corrected chi connectivity index (χ4v) is 4.95. The van der Waals surface area contributed by atoms with Gasteiger partial charge in [-0.15, -0.1) is 0 Å². The van der Waals surface area contributed by atoms with Crippen LogP contribution in [0.3, 0.4) is 0 Å². The maximum absolute atomic E-state index is 5.76. The molecule has 2 aromatic heterocycles. The zero-order valence-corrected chi connectivity index (χ0v) is 18.2. The molecule has 0 aliphatic carbocycles. The Balaban J connectivity index is 1.80. The Kier molecular flexibility index (Phi) is 5.19. The van der Waals surface area contributed by atoms with Gasteiger partial charge in [-0.25, -0.2) is 0 Å². The van der Waals surface area contributed by atoms with Crippen molar-refractivity contribution >= 4 is 39.9 Å². The molecule has 0 bridgehead atoms. The van der Waals surface area contributed by atoms with E-state index in [1.807, 2.05) is 24.4 Å². The van der Waals surface area contributed by atoms with E-state index in [1.54, 1.807) is 0 Å². The molecule has 3 heterocycles. The predicted octanol–water partition coefficient (Wildman–Crippen LogP) is 4.80. The molecular formula is C21H21IN4S. The number of thiocarbonyl (C=S) groups is 1. The van der Waals surface area contributed by atoms with E-state index in [-0.39, 0.29) is 12.1 Å². The zero-order chi connectivity index (χ0) is 19.0. The standard InChI is InChI=1S/C21H21IN4S/c1-13-17(18(22)14(2)24-13)20-19(16-10-6-7-11-23-16)25-21(27)26(20)12-15-8-4-3-5-9-15/h3-11,19-20,24H,12H2,1-2H3,(H,25,27)/t19-,20-/m1/s1. The van der Waals surface area contributed by atoms with Crippen LogP contribution in [-0.2, 0) is 6.54 Å². The van der Waals surface area contributed by atoms with E-state index in [0.717, 1.165) is 17.4 Å². The summed E-state index contributed by atoms with van der Waals surface area (Å²) in [5.41, 5.74) is 5.93. The van der Waals surface area contributed by atoms with Crippen LogP contribution in [0, 0.1) is 17.4 Å². The van der Waals surface area contributed by atoms with Crippen LogP contribution >= 0.6 is 34.8 Å². The summed E-state index contributed by atoms with van der Waals surface area (Å²) in [7, 11) is 0. The monoisotopic (exact) mass is 488 g/mol. The summed E-state index contributed by atoms with van der Waals surface area (Å²) in [6, 6.07) is 16.6. The number of aromatic nitrogens is 2. The van der Waals surface area contributed by atoms with E-state index in [2.05, 4.69) is 87.0 Å². The van der Waals surface area contributed by atoms with Gasteiger partial charge in [-0.1, -0.05) is 36.4 Å². The summed E-state index contributed by atoms with van der Waals surface area (Å²) in [4.78, 5) is 10.4. The van der Waals surface area contributed by atoms with Crippen LogP contribution < -0.4 is 5.32 Å². The molecule has 1 fully saturated rings. The third-order valence-electron chi connectivity index (χ3n) is 5.03. The molecule has 0 spiro atoms. The lowest BCUT2D eigenvalue weighted by molar-refractivity contribution is 0.309. The number of halogens is 1. The lowest BCUT2D eigenvalue weighted by atomic mass is 9.96. The van der Waals surface area contributed by atoms with Crippen molar-refractivity contribution in [2.24, 2.45) is 0 Å². The van der Waals surface area contributed by atoms with Crippen molar-refractivity contribution in [3.8, 4) is 0 Å². The van der Waals surface area contributed by atoms with Gasteiger partial charge in [0.2, 0.25) is 0 Å². The summed E-state index contributed by atoms with van der Waals surface area (Å²) >= 11 is 8.21. The molecule has 4 nitrogen and oxygen atoms in total. The Morgan fingerprint density at radius 2 is 1.81 bits per heavy atom. The van der Waals surface area contributed by atoms with Crippen molar-refractivity contribution in [3.05, 3.63) is 86.5 Å². The molecule has 6 heteroatoms. The Morgan fingerprint density at radius 1 is 1.07 bits per heavy atom. The summed E-state index contributed by atoms with van der Waals surface area (Å²) < 4.78 is 1.26. The maximum atomic E-state index is 5.76. The van der Waals surface area contributed by atoms with E-state index in [0.29, 0.717) is 0 Å². The summed E-state index contributed by atoms with van der Waals surface area (Å²) in [6.45, 7) is 5.03. The first kappa shape index (κ1) is 18.4. The predicted molar refractivity (Wildman–Crippen MR) is 120 cm³/mol. The van der Waals surface area contributed by atoms with Gasteiger partial charge in [-0.3, -0.25) is 4.98 Å². The summed E-state index contributed by atoms with van der Waals surface area (Å²) in [6.07, 6.45) is 1.84. The SMILES string of the molecule is Cc1[nH]c(C)c([C@@H]2[C@@H](c3ccccn3)NC(=S)N2Cc2ccccc2)c1I. The van der Waals surface area contributed by atoms with E-state index < -0.39 is 0 Å². The molecule has 1 aromatic carbocycles. The first-order chi connectivity index (χ1) is 13.1. The van der Waals surface area contributed by atoms with Crippen LogP contribution in [0.2, 0.25) is 0 Å². The van der Waals surface area contributed by atoms with E-state index in [9.17, 15) is 0 Å². The fourth-order valence-electron chi connectivity index (χ4n) is 3.79. The van der Waals surface area contributed by atoms with Crippen molar-refractivity contribution in [1.82, 2.24) is 20.2 Å². The normalized spacial score (nSPS) is 19.4. The quantitative estimate of drug-likeness (QED) is 0.409. The molecule has 27 heavy (non-hydrogen) atoms. The first-order valence-corrected chi connectivity index (χ1v) is 10.4. The van der Waals surface area contributed by atoms with E-state index >= 15 is 0 Å². The highest BCUT2D eigenvalue weighted by Crippen LogP contribution is 2.43. The van der Waals surface area contributed by atoms with Crippen LogP contribution in [-0.4, -0.2) is 20.0 Å². The number of H-pyrrole nitrogens is 1. The molecule has 138 valence electrons. The first-order valence-electron chi connectivity index (χ1n) is 8.93. The molecule has 3 aromatic rings. The Labute approximate surface area is 178 Å². The van der Waals surface area contributed by atoms with Gasteiger partial charge < -0.3 is 15.2 Å². The number of hydrogen-bond acceptors (Lipinski definition) is 2. The van der Waals surface area contributed by atoms with Crippen molar-refractivity contribution < 1.29 is 0 Å². The van der Waals surface area contributed by atoms with Gasteiger partial charge in [0.15, 0.2) is 5.11 Å². The fraction of sp³-hybridized carbons (Fsp3) is 0.238. The molecule has 2 N–H and O–H groups in total. The molecule has 0 unspecified atom stereocenters. The molecule has 2 atom stereocenters. The largest absolute Gasteiger partial charge is 0.362 e. The number of benzene rings is 1. The van der Waals surface area contributed by atoms with Crippen LogP contribution in [0.15, 0.2) is 54.7 Å². The minimum Gasteiger partial charge on any atom is -0.362 e. The minimum absolute atomic E-state index is 0.0184. The van der Waals surface area contributed by atoms with E-state index in [1.165, 1.54) is 26.1 Å². The molecule has 0 amide bonds. The Morgan fingerprint density at radius 3 is 2.44 bits per heavy atom. The molecule has 4 rings (SSSR count). The van der Waals surface area contributed by atoms with Gasteiger partial charge >= 0.3 is 0 Å². The Hall–Kier alpha value is -1.93. The lowest BCUT2D eigenvalue weighted by Gasteiger charge is -2.28. The third-order valence-corrected chi connectivity index (χ3v) is 6.78. The number of nitrogens with zero attached hydrogens (tertiary/aromatic N) is 2. The molecular weight excluding hydrogens is 467 g/mol. The number of aryl methyl sites for hydroxylation is 2. The zero-order valence-electron chi connectivity index (χ0n) is 15.2. The highest BCUT2D eigenvalue weighted by Gasteiger charge is 2.42. The molecule has 1 aliphatic heterocycles. The summed E-state index contributed by atoms with van der Waals surface area (Å²) in [5.74, 6) is 0. The second kappa shape index (κ2) is 7.59. The number of hydrogen-bond donors (Lipinski definition) is 2. The van der Waals surface area contributed by atoms with Crippen molar-refractivity contribution in [3.63, 3.8) is 0 Å². The second-order valence-corrected chi connectivity index (χ2v) is 8.31. The van der Waals surface area contributed by atoms with Crippen LogP contribution in [0.4, 0.5) is 0 Å². The highest BCUT2D eigenvalue weighted by molar-refractivity contribution is 14.1. The summed E-state index contributed by atoms with van der Waals surface area (Å²) in [5, 5.41) is 4.30. The van der Waals surface area contributed by atoms with Gasteiger partial charge in [0.25, 0.3) is 0 Å². The van der Waals surface area contributed by atoms with Crippen molar-refractivity contribution in [2.75, 3.05) is 0 Å². The van der Waals surface area contributed by atoms with E-state index in [4.69, 9.17) is 12.2 Å². The molecule has 1 saturated heterocycles. The highest BCUT2D eigenvalue weighted by atomic mass is 127. The number of pyridine rings is 1. The lowest BCUT2D eigenvalue weighted by Crippen LogP contribution is -2.29. The third kappa shape index (κ3) is 3.48. The van der Waals surface area contributed by atoms with Gasteiger partial charge in [0, 0.05) is 33.3 Å². The van der Waals surface area contributed by atoms with Crippen LogP contribution in [0.25, 0.3) is 0 Å². The topological polar surface area (TPSA) is 44.0 Å². The number of rotatable bonds is 4. The average molecular weight is 488 g/mol. The van der Waals surface area contributed by atoms with Crippen molar-refractivity contribution in [1.29, 1.82) is 0 Å². The van der Waals surface area contributed by atoms with Gasteiger partial charge in [0.1, 0.15) is 0 Å². The average Bonchev–Trinajstić information content (AvgIpc) is 3.12. The molecule has 1 aliphatic rings. The Bertz CT molecular complexity index is 955. The molecule has 0 saturated carbocycles. The molecule has 0 radical (unpaired) electrons. The van der Waals surface area contributed by atoms with Gasteiger partial charge in [0.05, 0.1) is 17.8 Å². The van der Waals surface area contributed by atoms with Gasteiger partial charge in [-0.05, 0) is 66.4 Å². The second-order valence-electron chi connectivity index (χ2n) is 6.84. The number of aromatic amines is 1. The maximum Gasteiger partial charge on any atom is 0.170 e.